The van der Waals surface area contributed by atoms with Crippen LogP contribution in [0.4, 0.5) is 0 Å². The Balaban J connectivity index is 1.46. The summed E-state index contributed by atoms with van der Waals surface area (Å²) in [4.78, 5) is 5.43. The van der Waals surface area contributed by atoms with E-state index in [9.17, 15) is 0 Å². The lowest BCUT2D eigenvalue weighted by Crippen LogP contribution is -2.55. The van der Waals surface area contributed by atoms with E-state index in [1.165, 1.54) is 77.7 Å². The Labute approximate surface area is 112 Å². The van der Waals surface area contributed by atoms with Crippen LogP contribution in [0.2, 0.25) is 0 Å². The fourth-order valence-electron chi connectivity index (χ4n) is 4.05. The van der Waals surface area contributed by atoms with Gasteiger partial charge in [-0.05, 0) is 57.2 Å². The van der Waals surface area contributed by atoms with Crippen LogP contribution in [0.1, 0.15) is 44.9 Å². The van der Waals surface area contributed by atoms with Gasteiger partial charge in [-0.15, -0.1) is 0 Å². The predicted molar refractivity (Wildman–Crippen MR) is 75.6 cm³/mol. The van der Waals surface area contributed by atoms with E-state index in [2.05, 4.69) is 9.80 Å². The minimum absolute atomic E-state index is 0.531. The molecule has 0 aromatic carbocycles. The summed E-state index contributed by atoms with van der Waals surface area (Å²) in [5, 5.41) is 0. The van der Waals surface area contributed by atoms with Gasteiger partial charge in [0, 0.05) is 25.7 Å². The van der Waals surface area contributed by atoms with Crippen LogP contribution < -0.4 is 5.73 Å². The van der Waals surface area contributed by atoms with E-state index in [0.29, 0.717) is 5.41 Å². The Bertz CT molecular complexity index is 269. The zero-order valence-corrected chi connectivity index (χ0v) is 11.7. The lowest BCUT2D eigenvalue weighted by molar-refractivity contribution is 0.0328. The minimum Gasteiger partial charge on any atom is -0.330 e. The monoisotopic (exact) mass is 251 g/mol. The molecule has 1 aliphatic carbocycles. The summed E-state index contributed by atoms with van der Waals surface area (Å²) in [6.45, 7) is 7.47. The molecule has 2 N–H and O–H groups in total. The minimum atomic E-state index is 0.531. The maximum Gasteiger partial charge on any atom is 0.0223 e. The number of piperidine rings is 1. The van der Waals surface area contributed by atoms with Gasteiger partial charge in [-0.25, -0.2) is 0 Å². The third-order valence-electron chi connectivity index (χ3n) is 5.73. The molecule has 18 heavy (non-hydrogen) atoms. The van der Waals surface area contributed by atoms with Gasteiger partial charge in [-0.1, -0.05) is 12.8 Å². The SMILES string of the molecule is NCC1(CCN2CCN3CCCCC3C2)CCC1. The fourth-order valence-corrected chi connectivity index (χ4v) is 4.05. The Kier molecular flexibility index (Phi) is 3.92. The van der Waals surface area contributed by atoms with Gasteiger partial charge in [0.05, 0.1) is 0 Å². The second-order valence-electron chi connectivity index (χ2n) is 6.79. The van der Waals surface area contributed by atoms with Gasteiger partial charge in [0.2, 0.25) is 0 Å². The first-order chi connectivity index (χ1) is 8.81. The Morgan fingerprint density at radius 2 is 1.94 bits per heavy atom. The standard InChI is InChI=1S/C15H29N3/c16-13-15(5-3-6-15)7-9-17-10-11-18-8-2-1-4-14(18)12-17/h14H,1-13,16H2. The Hall–Kier alpha value is -0.120. The third-order valence-corrected chi connectivity index (χ3v) is 5.73. The highest BCUT2D eigenvalue weighted by molar-refractivity contribution is 4.91. The van der Waals surface area contributed by atoms with Gasteiger partial charge in [0.1, 0.15) is 0 Å². The lowest BCUT2D eigenvalue weighted by Gasteiger charge is -2.46. The Morgan fingerprint density at radius 3 is 2.67 bits per heavy atom. The first kappa shape index (κ1) is 12.9. The van der Waals surface area contributed by atoms with E-state index < -0.39 is 0 Å². The highest BCUT2D eigenvalue weighted by Crippen LogP contribution is 2.43. The quantitative estimate of drug-likeness (QED) is 0.825. The van der Waals surface area contributed by atoms with Crippen LogP contribution in [0.5, 0.6) is 0 Å². The zero-order valence-electron chi connectivity index (χ0n) is 11.7. The first-order valence-corrected chi connectivity index (χ1v) is 7.98. The molecule has 104 valence electrons. The van der Waals surface area contributed by atoms with Gasteiger partial charge >= 0.3 is 0 Å². The van der Waals surface area contributed by atoms with Gasteiger partial charge in [0.15, 0.2) is 0 Å². The number of fused-ring (bicyclic) bond motifs is 1. The molecule has 0 spiro atoms. The summed E-state index contributed by atoms with van der Waals surface area (Å²) in [5.41, 5.74) is 6.50. The van der Waals surface area contributed by atoms with Crippen molar-refractivity contribution in [1.82, 2.24) is 9.80 Å². The summed E-state index contributed by atoms with van der Waals surface area (Å²) in [5.74, 6) is 0. The fraction of sp³-hybridized carbons (Fsp3) is 1.00. The average molecular weight is 251 g/mol. The molecule has 2 heterocycles. The van der Waals surface area contributed by atoms with Gasteiger partial charge in [0.25, 0.3) is 0 Å². The number of piperazine rings is 1. The van der Waals surface area contributed by atoms with Gasteiger partial charge in [-0.3, -0.25) is 4.90 Å². The van der Waals surface area contributed by atoms with Crippen molar-refractivity contribution in [1.29, 1.82) is 0 Å². The highest BCUT2D eigenvalue weighted by Gasteiger charge is 2.36. The third kappa shape index (κ3) is 2.59. The van der Waals surface area contributed by atoms with Crippen molar-refractivity contribution in [3.63, 3.8) is 0 Å². The van der Waals surface area contributed by atoms with Crippen LogP contribution in [0.15, 0.2) is 0 Å². The molecule has 1 atom stereocenters. The number of rotatable bonds is 4. The maximum atomic E-state index is 5.96. The Morgan fingerprint density at radius 1 is 1.06 bits per heavy atom. The second kappa shape index (κ2) is 5.48. The molecule has 3 fully saturated rings. The largest absolute Gasteiger partial charge is 0.330 e. The molecule has 1 unspecified atom stereocenters. The van der Waals surface area contributed by atoms with E-state index in [-0.39, 0.29) is 0 Å². The summed E-state index contributed by atoms with van der Waals surface area (Å²) in [6.07, 6.45) is 9.82. The zero-order chi connectivity index (χ0) is 12.4. The predicted octanol–water partition coefficient (Wildman–Crippen LogP) is 1.68. The molecule has 0 radical (unpaired) electrons. The summed E-state index contributed by atoms with van der Waals surface area (Å²) < 4.78 is 0. The van der Waals surface area contributed by atoms with Crippen LogP contribution in [-0.2, 0) is 0 Å². The summed E-state index contributed by atoms with van der Waals surface area (Å²) in [7, 11) is 0. The maximum absolute atomic E-state index is 5.96. The summed E-state index contributed by atoms with van der Waals surface area (Å²) >= 11 is 0. The smallest absolute Gasteiger partial charge is 0.0223 e. The molecule has 3 heteroatoms. The molecule has 0 bridgehead atoms. The molecule has 0 amide bonds. The van der Waals surface area contributed by atoms with Gasteiger partial charge < -0.3 is 10.6 Å². The molecule has 2 aliphatic heterocycles. The second-order valence-corrected chi connectivity index (χ2v) is 6.79. The molecule has 3 rings (SSSR count). The van der Waals surface area contributed by atoms with E-state index in [1.807, 2.05) is 0 Å². The molecular weight excluding hydrogens is 222 g/mol. The van der Waals surface area contributed by atoms with Crippen molar-refractivity contribution >= 4 is 0 Å². The van der Waals surface area contributed by atoms with Crippen molar-refractivity contribution in [2.75, 3.05) is 39.3 Å². The van der Waals surface area contributed by atoms with E-state index in [1.54, 1.807) is 0 Å². The van der Waals surface area contributed by atoms with E-state index in [0.717, 1.165) is 12.6 Å². The normalized spacial score (nSPS) is 32.8. The molecule has 3 aliphatic rings. The molecule has 3 nitrogen and oxygen atoms in total. The topological polar surface area (TPSA) is 32.5 Å². The lowest BCUT2D eigenvalue weighted by atomic mass is 9.66. The first-order valence-electron chi connectivity index (χ1n) is 7.98. The molecule has 2 saturated heterocycles. The molecular formula is C15H29N3. The van der Waals surface area contributed by atoms with Crippen molar-refractivity contribution < 1.29 is 0 Å². The van der Waals surface area contributed by atoms with Crippen LogP contribution >= 0.6 is 0 Å². The average Bonchev–Trinajstić information content (AvgIpc) is 2.38. The van der Waals surface area contributed by atoms with Crippen LogP contribution in [-0.4, -0.2) is 55.1 Å². The number of nitrogens with zero attached hydrogens (tertiary/aromatic N) is 2. The van der Waals surface area contributed by atoms with Crippen LogP contribution in [0, 0.1) is 5.41 Å². The van der Waals surface area contributed by atoms with Crippen LogP contribution in [0.25, 0.3) is 0 Å². The number of nitrogens with two attached hydrogens (primary N) is 1. The van der Waals surface area contributed by atoms with Crippen molar-refractivity contribution in [3.8, 4) is 0 Å². The molecule has 0 aromatic heterocycles. The molecule has 1 saturated carbocycles. The number of hydrogen-bond acceptors (Lipinski definition) is 3. The van der Waals surface area contributed by atoms with Crippen molar-refractivity contribution in [2.45, 2.75) is 51.0 Å². The van der Waals surface area contributed by atoms with Crippen molar-refractivity contribution in [3.05, 3.63) is 0 Å². The number of hydrogen-bond donors (Lipinski definition) is 1. The van der Waals surface area contributed by atoms with Gasteiger partial charge in [-0.2, -0.15) is 0 Å². The molecule has 0 aromatic rings. The van der Waals surface area contributed by atoms with Crippen LogP contribution in [0.3, 0.4) is 0 Å². The summed E-state index contributed by atoms with van der Waals surface area (Å²) in [6, 6.07) is 0.864. The van der Waals surface area contributed by atoms with Crippen molar-refractivity contribution in [2.24, 2.45) is 11.1 Å². The highest BCUT2D eigenvalue weighted by atomic mass is 15.3. The van der Waals surface area contributed by atoms with E-state index >= 15 is 0 Å². The van der Waals surface area contributed by atoms with E-state index in [4.69, 9.17) is 5.73 Å².